The number of aromatic hydroxyl groups is 1. The number of hydrogen-bond acceptors (Lipinski definition) is 3. The van der Waals surface area contributed by atoms with E-state index in [1.54, 1.807) is 12.5 Å². The molecule has 0 saturated carbocycles. The van der Waals surface area contributed by atoms with Gasteiger partial charge in [0.15, 0.2) is 0 Å². The van der Waals surface area contributed by atoms with Gasteiger partial charge in [-0.2, -0.15) is 0 Å². The molecule has 0 unspecified atom stereocenters. The zero-order chi connectivity index (χ0) is 12.1. The molecular weight excluding hydrogens is 221 g/mol. The molecule has 1 aromatic heterocycles. The summed E-state index contributed by atoms with van der Waals surface area (Å²) in [6.07, 6.45) is 5.33. The van der Waals surface area contributed by atoms with E-state index in [1.807, 2.05) is 10.8 Å². The highest BCUT2D eigenvalue weighted by Gasteiger charge is 2.02. The van der Waals surface area contributed by atoms with Gasteiger partial charge in [-0.1, -0.05) is 0 Å². The molecule has 0 fully saturated rings. The van der Waals surface area contributed by atoms with Crippen LogP contribution in [0.25, 0.3) is 0 Å². The highest BCUT2D eigenvalue weighted by Crippen LogP contribution is 2.17. The Morgan fingerprint density at radius 2 is 2.29 bits per heavy atom. The molecule has 0 bridgehead atoms. The van der Waals surface area contributed by atoms with Crippen LogP contribution >= 0.6 is 0 Å². The fourth-order valence-corrected chi connectivity index (χ4v) is 1.55. The SMILES string of the molecule is Oc1ccc(F)cc1CNCCn1ccnc1. The molecule has 2 rings (SSSR count). The molecule has 17 heavy (non-hydrogen) atoms. The monoisotopic (exact) mass is 235 g/mol. The summed E-state index contributed by atoms with van der Waals surface area (Å²) in [6, 6.07) is 3.94. The number of phenols is 1. The molecular formula is C12H14FN3O. The molecule has 0 spiro atoms. The Hall–Kier alpha value is -1.88. The number of hydrogen-bond donors (Lipinski definition) is 2. The van der Waals surface area contributed by atoms with Crippen molar-refractivity contribution in [2.75, 3.05) is 6.54 Å². The number of imidazole rings is 1. The summed E-state index contributed by atoms with van der Waals surface area (Å²) in [4.78, 5) is 3.93. The van der Waals surface area contributed by atoms with Gasteiger partial charge in [0.05, 0.1) is 6.33 Å². The predicted octanol–water partition coefficient (Wildman–Crippen LogP) is 1.52. The highest BCUT2D eigenvalue weighted by molar-refractivity contribution is 5.32. The van der Waals surface area contributed by atoms with E-state index < -0.39 is 0 Å². The lowest BCUT2D eigenvalue weighted by Gasteiger charge is -2.07. The predicted molar refractivity (Wildman–Crippen MR) is 62.0 cm³/mol. The van der Waals surface area contributed by atoms with Crippen molar-refractivity contribution in [3.05, 3.63) is 48.3 Å². The van der Waals surface area contributed by atoms with Crippen LogP contribution in [0.1, 0.15) is 5.56 Å². The summed E-state index contributed by atoms with van der Waals surface area (Å²) in [7, 11) is 0. The lowest BCUT2D eigenvalue weighted by Crippen LogP contribution is -2.19. The smallest absolute Gasteiger partial charge is 0.123 e. The zero-order valence-corrected chi connectivity index (χ0v) is 9.31. The Balaban J connectivity index is 1.80. The Morgan fingerprint density at radius 1 is 1.41 bits per heavy atom. The number of aromatic nitrogens is 2. The summed E-state index contributed by atoms with van der Waals surface area (Å²) in [5.74, 6) is -0.226. The molecule has 0 amide bonds. The number of rotatable bonds is 5. The van der Waals surface area contributed by atoms with Crippen LogP contribution in [0, 0.1) is 5.82 Å². The molecule has 0 aliphatic heterocycles. The summed E-state index contributed by atoms with van der Waals surface area (Å²) in [5.41, 5.74) is 0.565. The maximum Gasteiger partial charge on any atom is 0.123 e. The van der Waals surface area contributed by atoms with Crippen LogP contribution in [0.2, 0.25) is 0 Å². The van der Waals surface area contributed by atoms with Crippen molar-refractivity contribution in [1.29, 1.82) is 0 Å². The van der Waals surface area contributed by atoms with Gasteiger partial charge in [-0.3, -0.25) is 0 Å². The quantitative estimate of drug-likeness (QED) is 0.772. The van der Waals surface area contributed by atoms with E-state index in [0.29, 0.717) is 12.1 Å². The van der Waals surface area contributed by atoms with Crippen molar-refractivity contribution in [3.63, 3.8) is 0 Å². The van der Waals surface area contributed by atoms with Gasteiger partial charge in [0.1, 0.15) is 11.6 Å². The van der Waals surface area contributed by atoms with Crippen LogP contribution < -0.4 is 5.32 Å². The van der Waals surface area contributed by atoms with E-state index in [-0.39, 0.29) is 11.6 Å². The number of halogens is 1. The Kier molecular flexibility index (Phi) is 3.72. The molecule has 1 heterocycles. The molecule has 2 N–H and O–H groups in total. The lowest BCUT2D eigenvalue weighted by atomic mass is 10.2. The first-order chi connectivity index (χ1) is 8.25. The standard InChI is InChI=1S/C12H14FN3O/c13-11-1-2-12(17)10(7-11)8-14-3-5-16-6-4-15-9-16/h1-2,4,6-7,9,14,17H,3,5,8H2. The van der Waals surface area contributed by atoms with Crippen molar-refractivity contribution >= 4 is 0 Å². The third kappa shape index (κ3) is 3.29. The topological polar surface area (TPSA) is 50.1 Å². The van der Waals surface area contributed by atoms with Crippen LogP contribution in [0.4, 0.5) is 4.39 Å². The van der Waals surface area contributed by atoms with Gasteiger partial charge in [0, 0.05) is 37.6 Å². The second-order valence-electron chi connectivity index (χ2n) is 3.75. The minimum absolute atomic E-state index is 0.113. The van der Waals surface area contributed by atoms with Crippen molar-refractivity contribution in [2.24, 2.45) is 0 Å². The van der Waals surface area contributed by atoms with Crippen molar-refractivity contribution in [3.8, 4) is 5.75 Å². The van der Waals surface area contributed by atoms with Crippen LogP contribution in [0.3, 0.4) is 0 Å². The molecule has 0 aliphatic rings. The summed E-state index contributed by atoms with van der Waals surface area (Å²) in [6.45, 7) is 1.96. The molecule has 4 nitrogen and oxygen atoms in total. The summed E-state index contributed by atoms with van der Waals surface area (Å²) < 4.78 is 14.9. The van der Waals surface area contributed by atoms with Crippen molar-refractivity contribution < 1.29 is 9.50 Å². The average Bonchev–Trinajstić information content (AvgIpc) is 2.82. The second-order valence-corrected chi connectivity index (χ2v) is 3.75. The molecule has 1 aromatic carbocycles. The van der Waals surface area contributed by atoms with Crippen LogP contribution in [-0.2, 0) is 13.1 Å². The molecule has 2 aromatic rings. The molecule has 5 heteroatoms. The van der Waals surface area contributed by atoms with Crippen molar-refractivity contribution in [1.82, 2.24) is 14.9 Å². The van der Waals surface area contributed by atoms with E-state index in [1.165, 1.54) is 18.2 Å². The van der Waals surface area contributed by atoms with Gasteiger partial charge in [0.2, 0.25) is 0 Å². The van der Waals surface area contributed by atoms with Crippen LogP contribution in [0.5, 0.6) is 5.75 Å². The van der Waals surface area contributed by atoms with E-state index in [2.05, 4.69) is 10.3 Å². The van der Waals surface area contributed by atoms with Gasteiger partial charge in [-0.05, 0) is 18.2 Å². The largest absolute Gasteiger partial charge is 0.508 e. The minimum atomic E-state index is -0.339. The average molecular weight is 235 g/mol. The number of benzene rings is 1. The van der Waals surface area contributed by atoms with Gasteiger partial charge >= 0.3 is 0 Å². The first-order valence-electron chi connectivity index (χ1n) is 5.39. The molecule has 0 aliphatic carbocycles. The van der Waals surface area contributed by atoms with E-state index in [4.69, 9.17) is 0 Å². The maximum absolute atomic E-state index is 12.9. The van der Waals surface area contributed by atoms with E-state index >= 15 is 0 Å². The minimum Gasteiger partial charge on any atom is -0.508 e. The maximum atomic E-state index is 12.9. The van der Waals surface area contributed by atoms with Gasteiger partial charge in [-0.25, -0.2) is 9.37 Å². The van der Waals surface area contributed by atoms with Gasteiger partial charge < -0.3 is 15.0 Å². The Bertz CT molecular complexity index is 471. The number of nitrogens with zero attached hydrogens (tertiary/aromatic N) is 2. The summed E-state index contributed by atoms with van der Waals surface area (Å²) >= 11 is 0. The number of phenolic OH excluding ortho intramolecular Hbond substituents is 1. The van der Waals surface area contributed by atoms with E-state index in [0.717, 1.165) is 13.1 Å². The number of nitrogens with one attached hydrogen (secondary N) is 1. The van der Waals surface area contributed by atoms with Gasteiger partial charge in [0.25, 0.3) is 0 Å². The van der Waals surface area contributed by atoms with Crippen molar-refractivity contribution in [2.45, 2.75) is 13.1 Å². The zero-order valence-electron chi connectivity index (χ0n) is 9.31. The summed E-state index contributed by atoms with van der Waals surface area (Å²) in [5, 5.41) is 12.6. The third-order valence-electron chi connectivity index (χ3n) is 2.46. The molecule has 0 atom stereocenters. The Morgan fingerprint density at radius 3 is 3.06 bits per heavy atom. The lowest BCUT2D eigenvalue weighted by molar-refractivity contribution is 0.460. The second kappa shape index (κ2) is 5.45. The van der Waals surface area contributed by atoms with Crippen LogP contribution in [0.15, 0.2) is 36.9 Å². The Labute approximate surface area is 98.7 Å². The molecule has 0 saturated heterocycles. The fourth-order valence-electron chi connectivity index (χ4n) is 1.55. The van der Waals surface area contributed by atoms with E-state index in [9.17, 15) is 9.50 Å². The van der Waals surface area contributed by atoms with Gasteiger partial charge in [-0.15, -0.1) is 0 Å². The molecule has 90 valence electrons. The fraction of sp³-hybridized carbons (Fsp3) is 0.250. The first-order valence-corrected chi connectivity index (χ1v) is 5.39. The third-order valence-corrected chi connectivity index (χ3v) is 2.46. The highest BCUT2D eigenvalue weighted by atomic mass is 19.1. The van der Waals surface area contributed by atoms with Crippen LogP contribution in [-0.4, -0.2) is 21.2 Å². The molecule has 0 radical (unpaired) electrons. The first kappa shape index (κ1) is 11.6. The normalized spacial score (nSPS) is 10.6.